The first kappa shape index (κ1) is 15.2. The average molecular weight is 302 g/mol. The van der Waals surface area contributed by atoms with Crippen molar-refractivity contribution in [2.45, 2.75) is 19.1 Å². The molecule has 0 spiro atoms. The van der Waals surface area contributed by atoms with Gasteiger partial charge in [-0.1, -0.05) is 11.2 Å². The van der Waals surface area contributed by atoms with Gasteiger partial charge in [0.2, 0.25) is 11.8 Å². The Morgan fingerprint density at radius 2 is 2.14 bits per heavy atom. The van der Waals surface area contributed by atoms with Crippen LogP contribution in [-0.4, -0.2) is 35.0 Å². The number of ether oxygens (including phenoxy) is 1. The summed E-state index contributed by atoms with van der Waals surface area (Å²) >= 11 is 0. The van der Waals surface area contributed by atoms with Crippen molar-refractivity contribution < 1.29 is 22.4 Å². The molecule has 0 unspecified atom stereocenters. The maximum Gasteiger partial charge on any atom is 0.401 e. The summed E-state index contributed by atoms with van der Waals surface area (Å²) in [5.41, 5.74) is 0.839. The van der Waals surface area contributed by atoms with Gasteiger partial charge in [0.05, 0.1) is 20.2 Å². The Balaban J connectivity index is 1.87. The Morgan fingerprint density at radius 1 is 1.33 bits per heavy atom. The van der Waals surface area contributed by atoms with Crippen molar-refractivity contribution >= 4 is 0 Å². The van der Waals surface area contributed by atoms with Crippen molar-refractivity contribution in [3.63, 3.8) is 0 Å². The van der Waals surface area contributed by atoms with Gasteiger partial charge in [0.15, 0.2) is 5.82 Å². The molecule has 0 bridgehead atoms. The minimum absolute atomic E-state index is 0.107. The van der Waals surface area contributed by atoms with E-state index in [2.05, 4.69) is 20.4 Å². The lowest BCUT2D eigenvalue weighted by Gasteiger charge is -2.05. The molecule has 2 aromatic rings. The number of hydrogen-bond acceptors (Lipinski definition) is 6. The number of aromatic nitrogens is 3. The van der Waals surface area contributed by atoms with Crippen LogP contribution in [0.1, 0.15) is 17.3 Å². The Morgan fingerprint density at radius 3 is 2.76 bits per heavy atom. The van der Waals surface area contributed by atoms with Crippen LogP contribution in [0.2, 0.25) is 0 Å². The van der Waals surface area contributed by atoms with E-state index in [9.17, 15) is 13.2 Å². The van der Waals surface area contributed by atoms with Crippen LogP contribution in [0.25, 0.3) is 0 Å². The summed E-state index contributed by atoms with van der Waals surface area (Å²) in [6, 6.07) is 3.49. The Hall–Kier alpha value is -2.16. The van der Waals surface area contributed by atoms with Gasteiger partial charge in [-0.3, -0.25) is 0 Å². The van der Waals surface area contributed by atoms with Gasteiger partial charge in [-0.05, 0) is 5.56 Å². The minimum atomic E-state index is -4.27. The van der Waals surface area contributed by atoms with Crippen LogP contribution >= 0.6 is 0 Å². The fourth-order valence-corrected chi connectivity index (χ4v) is 1.56. The van der Waals surface area contributed by atoms with Gasteiger partial charge >= 0.3 is 6.18 Å². The predicted molar refractivity (Wildman–Crippen MR) is 65.7 cm³/mol. The van der Waals surface area contributed by atoms with Crippen LogP contribution in [0.4, 0.5) is 13.2 Å². The summed E-state index contributed by atoms with van der Waals surface area (Å²) in [4.78, 5) is 8.03. The second-order valence-electron chi connectivity index (χ2n) is 4.21. The predicted octanol–water partition coefficient (Wildman–Crippen LogP) is 1.72. The largest absolute Gasteiger partial charge is 0.481 e. The topological polar surface area (TPSA) is 73.1 Å². The molecule has 0 aromatic carbocycles. The van der Waals surface area contributed by atoms with Crippen molar-refractivity contribution in [3.05, 3.63) is 35.6 Å². The first-order chi connectivity index (χ1) is 9.96. The molecule has 21 heavy (non-hydrogen) atoms. The smallest absolute Gasteiger partial charge is 0.401 e. The standard InChI is InChI=1S/C12H13F3N4O2/c1-20-10-3-2-8(5-17-10)4-9-18-11(21-19-9)6-16-7-12(13,14)15/h2-3,5,16H,4,6-7H2,1H3. The van der Waals surface area contributed by atoms with Crippen LogP contribution < -0.4 is 10.1 Å². The molecule has 0 aliphatic rings. The molecule has 2 heterocycles. The molecule has 0 saturated heterocycles. The molecule has 0 amide bonds. The van der Waals surface area contributed by atoms with Crippen molar-refractivity contribution in [1.82, 2.24) is 20.4 Å². The number of pyridine rings is 1. The van der Waals surface area contributed by atoms with Crippen LogP contribution in [-0.2, 0) is 13.0 Å². The highest BCUT2D eigenvalue weighted by Gasteiger charge is 2.26. The monoisotopic (exact) mass is 302 g/mol. The summed E-state index contributed by atoms with van der Waals surface area (Å²) in [5.74, 6) is 0.977. The van der Waals surface area contributed by atoms with Crippen molar-refractivity contribution in [2.24, 2.45) is 0 Å². The number of nitrogens with one attached hydrogen (secondary N) is 1. The van der Waals surface area contributed by atoms with E-state index in [4.69, 9.17) is 9.26 Å². The van der Waals surface area contributed by atoms with E-state index in [1.54, 1.807) is 18.3 Å². The molecular weight excluding hydrogens is 289 g/mol. The van der Waals surface area contributed by atoms with Crippen LogP contribution in [0, 0.1) is 0 Å². The van der Waals surface area contributed by atoms with E-state index in [1.807, 2.05) is 0 Å². The number of rotatable bonds is 6. The SMILES string of the molecule is COc1ccc(Cc2noc(CNCC(F)(F)F)n2)cn1. The third kappa shape index (κ3) is 5.03. The highest BCUT2D eigenvalue weighted by molar-refractivity contribution is 5.20. The maximum absolute atomic E-state index is 12.0. The fraction of sp³-hybridized carbons (Fsp3) is 0.417. The fourth-order valence-electron chi connectivity index (χ4n) is 1.56. The zero-order valence-corrected chi connectivity index (χ0v) is 11.1. The Kier molecular flexibility index (Phi) is 4.73. The molecule has 0 radical (unpaired) electrons. The molecule has 0 saturated carbocycles. The first-order valence-corrected chi connectivity index (χ1v) is 6.04. The van der Waals surface area contributed by atoms with Gasteiger partial charge in [0, 0.05) is 18.7 Å². The third-order valence-corrected chi connectivity index (χ3v) is 2.48. The molecule has 1 N–H and O–H groups in total. The van der Waals surface area contributed by atoms with E-state index in [0.29, 0.717) is 18.1 Å². The maximum atomic E-state index is 12.0. The zero-order chi connectivity index (χ0) is 15.3. The van der Waals surface area contributed by atoms with Gasteiger partial charge in [0.25, 0.3) is 0 Å². The lowest BCUT2D eigenvalue weighted by Crippen LogP contribution is -2.28. The molecule has 114 valence electrons. The van der Waals surface area contributed by atoms with Gasteiger partial charge in [-0.25, -0.2) is 4.98 Å². The number of hydrogen-bond donors (Lipinski definition) is 1. The summed E-state index contributed by atoms with van der Waals surface area (Å²) in [7, 11) is 1.52. The lowest BCUT2D eigenvalue weighted by molar-refractivity contribution is -0.125. The van der Waals surface area contributed by atoms with Gasteiger partial charge < -0.3 is 14.6 Å². The number of alkyl halides is 3. The summed E-state index contributed by atoms with van der Waals surface area (Å²) in [6.45, 7) is -1.24. The molecule has 2 aromatic heterocycles. The molecule has 6 nitrogen and oxygen atoms in total. The van der Waals surface area contributed by atoms with Crippen molar-refractivity contribution in [2.75, 3.05) is 13.7 Å². The van der Waals surface area contributed by atoms with Gasteiger partial charge in [-0.2, -0.15) is 18.2 Å². The second kappa shape index (κ2) is 6.53. The van der Waals surface area contributed by atoms with Crippen molar-refractivity contribution in [3.8, 4) is 5.88 Å². The number of methoxy groups -OCH3 is 1. The van der Waals surface area contributed by atoms with E-state index < -0.39 is 12.7 Å². The van der Waals surface area contributed by atoms with Crippen LogP contribution in [0.15, 0.2) is 22.9 Å². The lowest BCUT2D eigenvalue weighted by atomic mass is 10.2. The van der Waals surface area contributed by atoms with Crippen molar-refractivity contribution in [1.29, 1.82) is 0 Å². The van der Waals surface area contributed by atoms with Gasteiger partial charge in [-0.15, -0.1) is 0 Å². The second-order valence-corrected chi connectivity index (χ2v) is 4.21. The van der Waals surface area contributed by atoms with Crippen LogP contribution in [0.3, 0.4) is 0 Å². The average Bonchev–Trinajstić information content (AvgIpc) is 2.86. The minimum Gasteiger partial charge on any atom is -0.481 e. The van der Waals surface area contributed by atoms with E-state index >= 15 is 0 Å². The summed E-state index contributed by atoms with van der Waals surface area (Å²) in [5, 5.41) is 5.89. The molecule has 0 aliphatic carbocycles. The Bertz CT molecular complexity index is 569. The molecule has 0 atom stereocenters. The zero-order valence-electron chi connectivity index (χ0n) is 11.1. The van der Waals surface area contributed by atoms with E-state index in [1.165, 1.54) is 7.11 Å². The van der Waals surface area contributed by atoms with E-state index in [-0.39, 0.29) is 12.4 Å². The molecular formula is C12H13F3N4O2. The molecule has 0 fully saturated rings. The third-order valence-electron chi connectivity index (χ3n) is 2.48. The normalized spacial score (nSPS) is 11.6. The highest BCUT2D eigenvalue weighted by Crippen LogP contribution is 2.13. The molecule has 0 aliphatic heterocycles. The van der Waals surface area contributed by atoms with Gasteiger partial charge in [0.1, 0.15) is 0 Å². The molecule has 2 rings (SSSR count). The van der Waals surface area contributed by atoms with E-state index in [0.717, 1.165) is 5.56 Å². The quantitative estimate of drug-likeness (QED) is 0.876. The first-order valence-electron chi connectivity index (χ1n) is 6.04. The Labute approximate surface area is 118 Å². The number of nitrogens with zero attached hydrogens (tertiary/aromatic N) is 3. The number of halogens is 3. The van der Waals surface area contributed by atoms with Crippen LogP contribution in [0.5, 0.6) is 5.88 Å². The highest BCUT2D eigenvalue weighted by atomic mass is 19.4. The summed E-state index contributed by atoms with van der Waals surface area (Å²) < 4.78 is 45.7. The molecule has 9 heteroatoms. The summed E-state index contributed by atoms with van der Waals surface area (Å²) in [6.07, 6.45) is -2.28.